The van der Waals surface area contributed by atoms with Crippen LogP contribution in [0.5, 0.6) is 0 Å². The highest BCUT2D eigenvalue weighted by Gasteiger charge is 1.98. The first-order valence-electron chi connectivity index (χ1n) is 4.06. The second kappa shape index (κ2) is 8.87. The van der Waals surface area contributed by atoms with Crippen LogP contribution in [0.25, 0.3) is 0 Å². The van der Waals surface area contributed by atoms with Gasteiger partial charge in [-0.3, -0.25) is 4.79 Å². The first kappa shape index (κ1) is 11.8. The molecule has 0 atom stereocenters. The Hall–Kier alpha value is -0.220. The van der Waals surface area contributed by atoms with E-state index in [1.165, 1.54) is 0 Å². The van der Waals surface area contributed by atoms with Gasteiger partial charge in [-0.1, -0.05) is 0 Å². The Balaban J connectivity index is 3.10. The first-order chi connectivity index (χ1) is 5.81. The van der Waals surface area contributed by atoms with Gasteiger partial charge >= 0.3 is 0 Å². The van der Waals surface area contributed by atoms with Crippen molar-refractivity contribution < 1.29 is 9.53 Å². The largest absolute Gasteiger partial charge is 0.383 e. The summed E-state index contributed by atoms with van der Waals surface area (Å²) >= 11 is 1.77. The number of carbonyl (C=O) groups is 1. The zero-order valence-corrected chi connectivity index (χ0v) is 8.58. The number of carbonyl (C=O) groups excluding carboxylic acids is 1. The monoisotopic (exact) mass is 191 g/mol. The van der Waals surface area contributed by atoms with Crippen molar-refractivity contribution >= 4 is 17.7 Å². The van der Waals surface area contributed by atoms with Gasteiger partial charge in [0.15, 0.2) is 0 Å². The lowest BCUT2D eigenvalue weighted by Crippen LogP contribution is -2.26. The van der Waals surface area contributed by atoms with Gasteiger partial charge in [0.05, 0.1) is 6.61 Å². The van der Waals surface area contributed by atoms with Gasteiger partial charge in [-0.2, -0.15) is 11.8 Å². The molecule has 0 aliphatic heterocycles. The molecular weight excluding hydrogens is 174 g/mol. The van der Waals surface area contributed by atoms with E-state index in [4.69, 9.17) is 4.74 Å². The molecule has 0 aliphatic carbocycles. The zero-order chi connectivity index (χ0) is 9.23. The zero-order valence-electron chi connectivity index (χ0n) is 7.76. The van der Waals surface area contributed by atoms with Crippen molar-refractivity contribution in [1.82, 2.24) is 5.32 Å². The van der Waals surface area contributed by atoms with Gasteiger partial charge in [0.1, 0.15) is 0 Å². The SMILES string of the molecule is COCCNC(=O)CCCSC. The number of amides is 1. The Bertz CT molecular complexity index is 108. The van der Waals surface area contributed by atoms with Crippen LogP contribution in [0.1, 0.15) is 12.8 Å². The topological polar surface area (TPSA) is 38.3 Å². The smallest absolute Gasteiger partial charge is 0.220 e. The third-order valence-corrected chi connectivity index (χ3v) is 2.08. The summed E-state index contributed by atoms with van der Waals surface area (Å²) in [6, 6.07) is 0. The molecule has 0 saturated heterocycles. The van der Waals surface area contributed by atoms with Gasteiger partial charge in [0.2, 0.25) is 5.91 Å². The highest BCUT2D eigenvalue weighted by Crippen LogP contribution is 1.98. The molecule has 0 saturated carbocycles. The van der Waals surface area contributed by atoms with Crippen molar-refractivity contribution in [3.05, 3.63) is 0 Å². The molecule has 0 rings (SSSR count). The number of hydrogen-bond donors (Lipinski definition) is 1. The minimum Gasteiger partial charge on any atom is -0.383 e. The maximum Gasteiger partial charge on any atom is 0.220 e. The van der Waals surface area contributed by atoms with Crippen LogP contribution in [0.2, 0.25) is 0 Å². The summed E-state index contributed by atoms with van der Waals surface area (Å²) < 4.78 is 4.80. The van der Waals surface area contributed by atoms with Crippen molar-refractivity contribution in [3.8, 4) is 0 Å². The van der Waals surface area contributed by atoms with Gasteiger partial charge in [-0.15, -0.1) is 0 Å². The Morgan fingerprint density at radius 3 is 2.92 bits per heavy atom. The van der Waals surface area contributed by atoms with Gasteiger partial charge < -0.3 is 10.1 Å². The van der Waals surface area contributed by atoms with Crippen LogP contribution in [-0.2, 0) is 9.53 Å². The number of nitrogens with one attached hydrogen (secondary N) is 1. The van der Waals surface area contributed by atoms with Crippen LogP contribution < -0.4 is 5.32 Å². The second-order valence-corrected chi connectivity index (χ2v) is 3.42. The summed E-state index contributed by atoms with van der Waals surface area (Å²) in [6.45, 7) is 1.21. The van der Waals surface area contributed by atoms with E-state index >= 15 is 0 Å². The minimum absolute atomic E-state index is 0.126. The molecule has 0 bridgehead atoms. The van der Waals surface area contributed by atoms with Gasteiger partial charge in [0, 0.05) is 20.1 Å². The third kappa shape index (κ3) is 7.88. The van der Waals surface area contributed by atoms with Gasteiger partial charge in [0.25, 0.3) is 0 Å². The van der Waals surface area contributed by atoms with E-state index in [0.717, 1.165) is 12.2 Å². The molecule has 0 fully saturated rings. The number of ether oxygens (including phenoxy) is 1. The molecule has 0 unspecified atom stereocenters. The lowest BCUT2D eigenvalue weighted by molar-refractivity contribution is -0.121. The summed E-state index contributed by atoms with van der Waals surface area (Å²) in [4.78, 5) is 11.0. The summed E-state index contributed by atoms with van der Waals surface area (Å²) in [5, 5.41) is 2.77. The Morgan fingerprint density at radius 2 is 2.33 bits per heavy atom. The van der Waals surface area contributed by atoms with Crippen molar-refractivity contribution in [3.63, 3.8) is 0 Å². The normalized spacial score (nSPS) is 9.83. The van der Waals surface area contributed by atoms with Crippen molar-refractivity contribution in [2.45, 2.75) is 12.8 Å². The first-order valence-corrected chi connectivity index (χ1v) is 5.45. The van der Waals surface area contributed by atoms with Crippen LogP contribution in [0, 0.1) is 0 Å². The van der Waals surface area contributed by atoms with E-state index in [2.05, 4.69) is 5.32 Å². The number of methoxy groups -OCH3 is 1. The van der Waals surface area contributed by atoms with Crippen molar-refractivity contribution in [2.75, 3.05) is 32.3 Å². The molecule has 0 spiro atoms. The molecule has 0 aromatic carbocycles. The molecule has 0 heterocycles. The van der Waals surface area contributed by atoms with Gasteiger partial charge in [-0.05, 0) is 18.4 Å². The molecule has 1 amide bonds. The average Bonchev–Trinajstić information content (AvgIpc) is 2.06. The summed E-state index contributed by atoms with van der Waals surface area (Å²) in [5.74, 6) is 1.18. The Labute approximate surface area is 78.2 Å². The Morgan fingerprint density at radius 1 is 1.58 bits per heavy atom. The second-order valence-electron chi connectivity index (χ2n) is 2.44. The number of thioether (sulfide) groups is 1. The standard InChI is InChI=1S/C8H17NO2S/c1-11-6-5-9-8(10)4-3-7-12-2/h3-7H2,1-2H3,(H,9,10). The van der Waals surface area contributed by atoms with E-state index in [9.17, 15) is 4.79 Å². The van der Waals surface area contributed by atoms with E-state index in [1.807, 2.05) is 6.26 Å². The van der Waals surface area contributed by atoms with E-state index in [0.29, 0.717) is 19.6 Å². The fourth-order valence-corrected chi connectivity index (χ4v) is 1.19. The molecular formula is C8H17NO2S. The van der Waals surface area contributed by atoms with Crippen LogP contribution in [0.3, 0.4) is 0 Å². The highest BCUT2D eigenvalue weighted by atomic mass is 32.2. The third-order valence-electron chi connectivity index (χ3n) is 1.38. The molecule has 0 aliphatic rings. The predicted octanol–water partition coefficient (Wildman–Crippen LogP) is 0.892. The molecule has 0 aromatic rings. The van der Waals surface area contributed by atoms with Crippen molar-refractivity contribution in [2.24, 2.45) is 0 Å². The van der Waals surface area contributed by atoms with E-state index in [1.54, 1.807) is 18.9 Å². The van der Waals surface area contributed by atoms with Crippen LogP contribution in [0.15, 0.2) is 0 Å². The highest BCUT2D eigenvalue weighted by molar-refractivity contribution is 7.98. The Kier molecular flexibility index (Phi) is 8.71. The molecule has 4 heteroatoms. The molecule has 1 N–H and O–H groups in total. The number of rotatable bonds is 7. The fraction of sp³-hybridized carbons (Fsp3) is 0.875. The fourth-order valence-electron chi connectivity index (χ4n) is 0.758. The van der Waals surface area contributed by atoms with Crippen molar-refractivity contribution in [1.29, 1.82) is 0 Å². The van der Waals surface area contributed by atoms with Crippen LogP contribution in [0.4, 0.5) is 0 Å². The lowest BCUT2D eigenvalue weighted by atomic mass is 10.3. The molecule has 0 radical (unpaired) electrons. The van der Waals surface area contributed by atoms with Crippen LogP contribution >= 0.6 is 11.8 Å². The van der Waals surface area contributed by atoms with Gasteiger partial charge in [-0.25, -0.2) is 0 Å². The molecule has 3 nitrogen and oxygen atoms in total. The summed E-state index contributed by atoms with van der Waals surface area (Å²) in [5.41, 5.74) is 0. The van der Waals surface area contributed by atoms with E-state index < -0.39 is 0 Å². The summed E-state index contributed by atoms with van der Waals surface area (Å²) in [6.07, 6.45) is 3.63. The quantitative estimate of drug-likeness (QED) is 0.607. The summed E-state index contributed by atoms with van der Waals surface area (Å²) in [7, 11) is 1.62. The van der Waals surface area contributed by atoms with Crippen LogP contribution in [-0.4, -0.2) is 38.2 Å². The molecule has 0 aromatic heterocycles. The number of hydrogen-bond acceptors (Lipinski definition) is 3. The lowest BCUT2D eigenvalue weighted by Gasteiger charge is -2.02. The molecule has 12 heavy (non-hydrogen) atoms. The maximum atomic E-state index is 11.0. The maximum absolute atomic E-state index is 11.0. The van der Waals surface area contributed by atoms with E-state index in [-0.39, 0.29) is 5.91 Å². The average molecular weight is 191 g/mol. The molecule has 72 valence electrons. The predicted molar refractivity (Wildman–Crippen MR) is 52.5 cm³/mol. The minimum atomic E-state index is 0.126.